The number of para-hydroxylation sites is 2. The van der Waals surface area contributed by atoms with Gasteiger partial charge < -0.3 is 15.0 Å². The van der Waals surface area contributed by atoms with Crippen molar-refractivity contribution in [1.82, 2.24) is 4.90 Å². The van der Waals surface area contributed by atoms with Crippen molar-refractivity contribution in [3.05, 3.63) is 36.9 Å². The number of carbonyl (C=O) groups excluding carboxylic acids is 2. The van der Waals surface area contributed by atoms with Gasteiger partial charge in [-0.25, -0.2) is 0 Å². The first-order valence-electron chi connectivity index (χ1n) is 6.96. The minimum atomic E-state index is -0.155. The van der Waals surface area contributed by atoms with Crippen LogP contribution in [0.2, 0.25) is 0 Å². The van der Waals surface area contributed by atoms with Crippen molar-refractivity contribution in [1.29, 1.82) is 0 Å². The molecule has 0 fully saturated rings. The van der Waals surface area contributed by atoms with Crippen molar-refractivity contribution in [3.63, 3.8) is 0 Å². The van der Waals surface area contributed by atoms with Gasteiger partial charge in [-0.15, -0.1) is 6.58 Å². The third kappa shape index (κ3) is 5.69. The largest absolute Gasteiger partial charge is 0.492 e. The summed E-state index contributed by atoms with van der Waals surface area (Å²) in [4.78, 5) is 24.9. The molecular weight excluding hydrogens is 268 g/mol. The number of amides is 2. The maximum Gasteiger partial charge on any atom is 0.226 e. The maximum atomic E-state index is 12.0. The first kappa shape index (κ1) is 16.8. The fourth-order valence-corrected chi connectivity index (χ4v) is 1.83. The topological polar surface area (TPSA) is 58.6 Å². The summed E-state index contributed by atoms with van der Waals surface area (Å²) in [7, 11) is 0. The lowest BCUT2D eigenvalue weighted by Crippen LogP contribution is -2.32. The maximum absolute atomic E-state index is 12.0. The van der Waals surface area contributed by atoms with E-state index in [-0.39, 0.29) is 18.2 Å². The smallest absolute Gasteiger partial charge is 0.226 e. The average Bonchev–Trinajstić information content (AvgIpc) is 2.45. The van der Waals surface area contributed by atoms with Gasteiger partial charge in [0.2, 0.25) is 11.8 Å². The van der Waals surface area contributed by atoms with Gasteiger partial charge in [-0.2, -0.15) is 0 Å². The summed E-state index contributed by atoms with van der Waals surface area (Å²) < 4.78 is 5.45. The van der Waals surface area contributed by atoms with Crippen LogP contribution in [0.3, 0.4) is 0 Å². The Kier molecular flexibility index (Phi) is 7.01. The minimum Gasteiger partial charge on any atom is -0.492 e. The zero-order valence-corrected chi connectivity index (χ0v) is 12.6. The summed E-state index contributed by atoms with van der Waals surface area (Å²) >= 11 is 0. The van der Waals surface area contributed by atoms with Gasteiger partial charge in [0.1, 0.15) is 5.75 Å². The first-order chi connectivity index (χ1) is 10.1. The van der Waals surface area contributed by atoms with E-state index in [4.69, 9.17) is 4.74 Å². The molecule has 0 heterocycles. The molecule has 0 atom stereocenters. The highest BCUT2D eigenvalue weighted by molar-refractivity contribution is 5.92. The molecular formula is C16H22N2O3. The lowest BCUT2D eigenvalue weighted by molar-refractivity contribution is -0.128. The predicted octanol–water partition coefficient (Wildman–Crippen LogP) is 2.45. The molecule has 5 heteroatoms. The van der Waals surface area contributed by atoms with E-state index in [1.165, 1.54) is 6.92 Å². The van der Waals surface area contributed by atoms with E-state index in [9.17, 15) is 9.59 Å². The number of rotatable bonds is 8. The molecule has 0 unspecified atom stereocenters. The average molecular weight is 290 g/mol. The molecule has 1 aromatic rings. The Morgan fingerprint density at radius 1 is 1.38 bits per heavy atom. The van der Waals surface area contributed by atoms with Crippen LogP contribution in [0.25, 0.3) is 0 Å². The number of carbonyl (C=O) groups is 2. The van der Waals surface area contributed by atoms with Crippen molar-refractivity contribution in [2.75, 3.05) is 25.0 Å². The van der Waals surface area contributed by atoms with Gasteiger partial charge >= 0.3 is 0 Å². The van der Waals surface area contributed by atoms with Gasteiger partial charge in [0, 0.05) is 26.4 Å². The van der Waals surface area contributed by atoms with Crippen molar-refractivity contribution >= 4 is 17.5 Å². The molecule has 21 heavy (non-hydrogen) atoms. The van der Waals surface area contributed by atoms with E-state index < -0.39 is 0 Å². The minimum absolute atomic E-state index is 0.0718. The third-order valence-corrected chi connectivity index (χ3v) is 2.86. The number of nitrogens with one attached hydrogen (secondary N) is 1. The Morgan fingerprint density at radius 3 is 2.71 bits per heavy atom. The zero-order valence-electron chi connectivity index (χ0n) is 12.6. The Bertz CT molecular complexity index is 500. The molecule has 0 aliphatic heterocycles. The van der Waals surface area contributed by atoms with Crippen molar-refractivity contribution in [2.45, 2.75) is 20.3 Å². The Balaban J connectivity index is 2.57. The highest BCUT2D eigenvalue weighted by atomic mass is 16.5. The van der Waals surface area contributed by atoms with Crippen LogP contribution in [-0.4, -0.2) is 36.4 Å². The van der Waals surface area contributed by atoms with Crippen LogP contribution < -0.4 is 10.1 Å². The molecule has 0 saturated heterocycles. The summed E-state index contributed by atoms with van der Waals surface area (Å²) in [6.45, 7) is 8.30. The van der Waals surface area contributed by atoms with Gasteiger partial charge in [-0.1, -0.05) is 18.2 Å². The summed E-state index contributed by atoms with van der Waals surface area (Å²) in [5.74, 6) is 0.415. The van der Waals surface area contributed by atoms with Crippen LogP contribution >= 0.6 is 0 Å². The molecule has 1 aromatic carbocycles. The van der Waals surface area contributed by atoms with E-state index >= 15 is 0 Å². The van der Waals surface area contributed by atoms with Crippen LogP contribution in [0.4, 0.5) is 5.69 Å². The first-order valence-corrected chi connectivity index (χ1v) is 6.96. The molecule has 0 radical (unpaired) electrons. The molecule has 0 spiro atoms. The molecule has 5 nitrogen and oxygen atoms in total. The Labute approximate surface area is 125 Å². The molecule has 0 bridgehead atoms. The van der Waals surface area contributed by atoms with Crippen molar-refractivity contribution in [3.8, 4) is 5.75 Å². The highest BCUT2D eigenvalue weighted by Crippen LogP contribution is 2.23. The van der Waals surface area contributed by atoms with Crippen LogP contribution in [0.15, 0.2) is 36.9 Å². The fraction of sp³-hybridized carbons (Fsp3) is 0.375. The Morgan fingerprint density at radius 2 is 2.10 bits per heavy atom. The molecule has 0 aromatic heterocycles. The summed E-state index contributed by atoms with van der Waals surface area (Å²) in [6.07, 6.45) is 1.87. The van der Waals surface area contributed by atoms with E-state index in [0.717, 1.165) is 0 Å². The van der Waals surface area contributed by atoms with Gasteiger partial charge in [-0.3, -0.25) is 9.59 Å². The van der Waals surface area contributed by atoms with E-state index in [1.807, 2.05) is 19.1 Å². The van der Waals surface area contributed by atoms with Crippen LogP contribution in [0.5, 0.6) is 5.75 Å². The monoisotopic (exact) mass is 290 g/mol. The number of benzene rings is 1. The molecule has 0 saturated carbocycles. The Hall–Kier alpha value is -2.30. The number of ether oxygens (including phenoxy) is 1. The van der Waals surface area contributed by atoms with Crippen LogP contribution in [0.1, 0.15) is 20.3 Å². The normalized spacial score (nSPS) is 9.81. The van der Waals surface area contributed by atoms with Gasteiger partial charge in [-0.05, 0) is 19.1 Å². The summed E-state index contributed by atoms with van der Waals surface area (Å²) in [5.41, 5.74) is 0.641. The van der Waals surface area contributed by atoms with Crippen molar-refractivity contribution in [2.24, 2.45) is 0 Å². The van der Waals surface area contributed by atoms with E-state index in [1.54, 1.807) is 23.1 Å². The number of nitrogens with zero attached hydrogens (tertiary/aromatic N) is 1. The molecule has 1 rings (SSSR count). The predicted molar refractivity (Wildman–Crippen MR) is 83.3 cm³/mol. The lowest BCUT2D eigenvalue weighted by Gasteiger charge is -2.19. The standard InChI is InChI=1S/C16H22N2O3/c1-4-11-18(13(3)19)12-10-16(20)17-14-8-6-7-9-15(14)21-5-2/h4,6-9H,1,5,10-12H2,2-3H3,(H,17,20). The molecule has 114 valence electrons. The van der Waals surface area contributed by atoms with Gasteiger partial charge in [0.25, 0.3) is 0 Å². The van der Waals surface area contributed by atoms with Crippen LogP contribution in [-0.2, 0) is 9.59 Å². The quantitative estimate of drug-likeness (QED) is 0.748. The molecule has 1 N–H and O–H groups in total. The third-order valence-electron chi connectivity index (χ3n) is 2.86. The number of hydrogen-bond donors (Lipinski definition) is 1. The number of hydrogen-bond acceptors (Lipinski definition) is 3. The molecule has 2 amide bonds. The number of anilines is 1. The second-order valence-electron chi connectivity index (χ2n) is 4.48. The summed E-state index contributed by atoms with van der Waals surface area (Å²) in [5, 5.41) is 2.80. The van der Waals surface area contributed by atoms with Gasteiger partial charge in [0.05, 0.1) is 12.3 Å². The SMILES string of the molecule is C=CCN(CCC(=O)Nc1ccccc1OCC)C(C)=O. The van der Waals surface area contributed by atoms with E-state index in [0.29, 0.717) is 31.1 Å². The lowest BCUT2D eigenvalue weighted by atomic mass is 10.2. The fourth-order valence-electron chi connectivity index (χ4n) is 1.83. The molecule has 0 aliphatic carbocycles. The second-order valence-corrected chi connectivity index (χ2v) is 4.48. The van der Waals surface area contributed by atoms with E-state index in [2.05, 4.69) is 11.9 Å². The van der Waals surface area contributed by atoms with Crippen LogP contribution in [0, 0.1) is 0 Å². The summed E-state index contributed by atoms with van der Waals surface area (Å²) in [6, 6.07) is 7.27. The zero-order chi connectivity index (χ0) is 15.7. The van der Waals surface area contributed by atoms with Crippen molar-refractivity contribution < 1.29 is 14.3 Å². The highest BCUT2D eigenvalue weighted by Gasteiger charge is 2.11. The molecule has 0 aliphatic rings. The second kappa shape index (κ2) is 8.79. The van der Waals surface area contributed by atoms with Gasteiger partial charge in [0.15, 0.2) is 0 Å².